The third kappa shape index (κ3) is 1.71. The molecule has 0 bridgehead atoms. The van der Waals surface area contributed by atoms with Crippen LogP contribution in [0.3, 0.4) is 0 Å². The first-order chi connectivity index (χ1) is 9.33. The Labute approximate surface area is 114 Å². The van der Waals surface area contributed by atoms with E-state index in [1.54, 1.807) is 0 Å². The standard InChI is InChI=1S/C15H14N2OS/c18-19-8-10-3-1-4-12(14(10)9-19)11-5-2-6-15-13(11)7-16-17-15/h1-6,16-17H,7-9H2. The van der Waals surface area contributed by atoms with Crippen LogP contribution in [-0.2, 0) is 28.9 Å². The molecule has 19 heavy (non-hydrogen) atoms. The van der Waals surface area contributed by atoms with Crippen molar-refractivity contribution in [3.63, 3.8) is 0 Å². The molecular weight excluding hydrogens is 256 g/mol. The second-order valence-corrected chi connectivity index (χ2v) is 6.44. The van der Waals surface area contributed by atoms with Gasteiger partial charge < -0.3 is 5.43 Å². The zero-order valence-electron chi connectivity index (χ0n) is 10.4. The van der Waals surface area contributed by atoms with E-state index in [4.69, 9.17) is 0 Å². The van der Waals surface area contributed by atoms with Gasteiger partial charge >= 0.3 is 0 Å². The van der Waals surface area contributed by atoms with Crippen molar-refractivity contribution in [1.82, 2.24) is 5.43 Å². The van der Waals surface area contributed by atoms with Gasteiger partial charge in [-0.2, -0.15) is 0 Å². The Morgan fingerprint density at radius 1 is 0.947 bits per heavy atom. The van der Waals surface area contributed by atoms with E-state index in [1.807, 2.05) is 0 Å². The molecular formula is C15H14N2OS. The molecule has 96 valence electrons. The van der Waals surface area contributed by atoms with Gasteiger partial charge in [-0.15, -0.1) is 0 Å². The van der Waals surface area contributed by atoms with E-state index in [-0.39, 0.29) is 0 Å². The highest BCUT2D eigenvalue weighted by molar-refractivity contribution is 7.83. The number of rotatable bonds is 1. The molecule has 4 heteroatoms. The fraction of sp³-hybridized carbons (Fsp3) is 0.200. The summed E-state index contributed by atoms with van der Waals surface area (Å²) in [6.45, 7) is 0.832. The van der Waals surface area contributed by atoms with Crippen LogP contribution in [0, 0.1) is 0 Å². The van der Waals surface area contributed by atoms with E-state index in [9.17, 15) is 4.21 Å². The summed E-state index contributed by atoms with van der Waals surface area (Å²) in [5, 5.41) is 0. The lowest BCUT2D eigenvalue weighted by Crippen LogP contribution is -2.10. The van der Waals surface area contributed by atoms with Crippen LogP contribution < -0.4 is 10.9 Å². The summed E-state index contributed by atoms with van der Waals surface area (Å²) in [5.74, 6) is 1.39. The molecule has 0 aromatic heterocycles. The van der Waals surface area contributed by atoms with Crippen LogP contribution in [0.15, 0.2) is 36.4 Å². The van der Waals surface area contributed by atoms with Crippen molar-refractivity contribution >= 4 is 16.5 Å². The summed E-state index contributed by atoms with van der Waals surface area (Å²) in [4.78, 5) is 0. The van der Waals surface area contributed by atoms with E-state index in [0.29, 0.717) is 11.5 Å². The van der Waals surface area contributed by atoms with Gasteiger partial charge in [0, 0.05) is 34.4 Å². The largest absolute Gasteiger partial charge is 0.321 e. The molecule has 3 nitrogen and oxygen atoms in total. The van der Waals surface area contributed by atoms with E-state index < -0.39 is 10.8 Å². The molecule has 0 spiro atoms. The highest BCUT2D eigenvalue weighted by atomic mass is 32.2. The molecule has 2 aromatic carbocycles. The van der Waals surface area contributed by atoms with Crippen LogP contribution >= 0.6 is 0 Å². The van der Waals surface area contributed by atoms with Gasteiger partial charge in [0.25, 0.3) is 0 Å². The predicted octanol–water partition coefficient (Wildman–Crippen LogP) is 2.55. The Bertz CT molecular complexity index is 697. The number of nitrogens with one attached hydrogen (secondary N) is 2. The Hall–Kier alpha value is -1.65. The second-order valence-electron chi connectivity index (χ2n) is 4.98. The summed E-state index contributed by atoms with van der Waals surface area (Å²) < 4.78 is 11.8. The fourth-order valence-electron chi connectivity index (χ4n) is 2.95. The molecule has 0 amide bonds. The first kappa shape index (κ1) is 11.2. The normalized spacial score (nSPS) is 19.9. The molecule has 0 saturated heterocycles. The van der Waals surface area contributed by atoms with Crippen molar-refractivity contribution in [2.24, 2.45) is 0 Å². The SMILES string of the molecule is O=S1Cc2cccc(-c3cccc4c3CNN4)c2C1. The van der Waals surface area contributed by atoms with Gasteiger partial charge in [0.05, 0.1) is 5.69 Å². The highest BCUT2D eigenvalue weighted by Gasteiger charge is 2.23. The third-order valence-electron chi connectivity index (χ3n) is 3.85. The van der Waals surface area contributed by atoms with Gasteiger partial charge in [0.15, 0.2) is 0 Å². The van der Waals surface area contributed by atoms with Crippen molar-refractivity contribution in [2.45, 2.75) is 18.1 Å². The van der Waals surface area contributed by atoms with Gasteiger partial charge in [0.1, 0.15) is 0 Å². The smallest absolute Gasteiger partial charge is 0.0539 e. The lowest BCUT2D eigenvalue weighted by Gasteiger charge is -2.11. The molecule has 2 N–H and O–H groups in total. The maximum absolute atomic E-state index is 11.8. The molecule has 2 aliphatic rings. The summed E-state index contributed by atoms with van der Waals surface area (Å²) in [6.07, 6.45) is 0. The average molecular weight is 270 g/mol. The molecule has 2 heterocycles. The third-order valence-corrected chi connectivity index (χ3v) is 5.09. The molecule has 0 aliphatic carbocycles. The molecule has 0 fully saturated rings. The van der Waals surface area contributed by atoms with Gasteiger partial charge in [-0.1, -0.05) is 30.3 Å². The molecule has 4 rings (SSSR count). The molecule has 1 unspecified atom stereocenters. The summed E-state index contributed by atoms with van der Waals surface area (Å²) >= 11 is 0. The zero-order chi connectivity index (χ0) is 12.8. The van der Waals surface area contributed by atoms with Gasteiger partial charge in [-0.3, -0.25) is 4.21 Å². The zero-order valence-corrected chi connectivity index (χ0v) is 11.2. The number of anilines is 1. The summed E-state index contributed by atoms with van der Waals surface area (Å²) in [6, 6.07) is 12.6. The van der Waals surface area contributed by atoms with E-state index in [1.165, 1.54) is 27.8 Å². The first-order valence-corrected chi connectivity index (χ1v) is 7.88. The number of benzene rings is 2. The second kappa shape index (κ2) is 4.18. The Balaban J connectivity index is 1.94. The predicted molar refractivity (Wildman–Crippen MR) is 77.9 cm³/mol. The van der Waals surface area contributed by atoms with Crippen LogP contribution in [0.2, 0.25) is 0 Å². The maximum Gasteiger partial charge on any atom is 0.0539 e. The number of hydrogen-bond acceptors (Lipinski definition) is 3. The minimum absolute atomic E-state index is 0.691. The molecule has 0 radical (unpaired) electrons. The van der Waals surface area contributed by atoms with Crippen LogP contribution in [0.4, 0.5) is 5.69 Å². The molecule has 1 atom stereocenters. The van der Waals surface area contributed by atoms with E-state index in [0.717, 1.165) is 12.2 Å². The monoisotopic (exact) mass is 270 g/mol. The van der Waals surface area contributed by atoms with Crippen LogP contribution in [-0.4, -0.2) is 4.21 Å². The van der Waals surface area contributed by atoms with Gasteiger partial charge in [0.2, 0.25) is 0 Å². The minimum atomic E-state index is -0.733. The summed E-state index contributed by atoms with van der Waals surface area (Å²) in [7, 11) is -0.733. The quantitative estimate of drug-likeness (QED) is 0.836. The number of fused-ring (bicyclic) bond motifs is 2. The average Bonchev–Trinajstić information content (AvgIpc) is 3.02. The molecule has 0 saturated carbocycles. The van der Waals surface area contributed by atoms with Crippen molar-refractivity contribution in [2.75, 3.05) is 5.43 Å². The highest BCUT2D eigenvalue weighted by Crippen LogP contribution is 2.37. The van der Waals surface area contributed by atoms with Crippen LogP contribution in [0.5, 0.6) is 0 Å². The first-order valence-electron chi connectivity index (χ1n) is 6.40. The lowest BCUT2D eigenvalue weighted by atomic mass is 9.93. The molecule has 2 aliphatic heterocycles. The van der Waals surface area contributed by atoms with Crippen LogP contribution in [0.25, 0.3) is 11.1 Å². The Kier molecular flexibility index (Phi) is 2.47. The van der Waals surface area contributed by atoms with Gasteiger partial charge in [-0.05, 0) is 28.3 Å². The number of hydrazine groups is 1. The lowest BCUT2D eigenvalue weighted by molar-refractivity contribution is 0.684. The van der Waals surface area contributed by atoms with E-state index in [2.05, 4.69) is 47.2 Å². The molecule has 2 aromatic rings. The minimum Gasteiger partial charge on any atom is -0.321 e. The van der Waals surface area contributed by atoms with Gasteiger partial charge in [-0.25, -0.2) is 5.43 Å². The summed E-state index contributed by atoms with van der Waals surface area (Å²) in [5.41, 5.74) is 13.8. The topological polar surface area (TPSA) is 41.1 Å². The Morgan fingerprint density at radius 2 is 1.74 bits per heavy atom. The number of hydrogen-bond donors (Lipinski definition) is 2. The maximum atomic E-state index is 11.8. The van der Waals surface area contributed by atoms with Crippen molar-refractivity contribution in [3.8, 4) is 11.1 Å². The van der Waals surface area contributed by atoms with E-state index >= 15 is 0 Å². The van der Waals surface area contributed by atoms with Crippen LogP contribution in [0.1, 0.15) is 16.7 Å². The van der Waals surface area contributed by atoms with Crippen molar-refractivity contribution in [1.29, 1.82) is 0 Å². The Morgan fingerprint density at radius 3 is 2.63 bits per heavy atom. The van der Waals surface area contributed by atoms with Crippen molar-refractivity contribution in [3.05, 3.63) is 53.1 Å². The fourth-order valence-corrected chi connectivity index (χ4v) is 4.33. The van der Waals surface area contributed by atoms with Crippen molar-refractivity contribution < 1.29 is 4.21 Å².